The number of benzene rings is 3. The van der Waals surface area contributed by atoms with Crippen LogP contribution >= 0.6 is 11.6 Å². The van der Waals surface area contributed by atoms with E-state index in [1.807, 2.05) is 30.3 Å². The predicted octanol–water partition coefficient (Wildman–Crippen LogP) is 5.20. The quantitative estimate of drug-likeness (QED) is 0.612. The Morgan fingerprint density at radius 3 is 2.38 bits per heavy atom. The van der Waals surface area contributed by atoms with Crippen LogP contribution in [0.5, 0.6) is 0 Å². The van der Waals surface area contributed by atoms with E-state index in [2.05, 4.69) is 4.99 Å². The first kappa shape index (κ1) is 17.6. The minimum absolute atomic E-state index is 0.171. The summed E-state index contributed by atoms with van der Waals surface area (Å²) < 4.78 is 0. The van der Waals surface area contributed by atoms with Gasteiger partial charge in [-0.05, 0) is 24.3 Å². The molecule has 0 radical (unpaired) electrons. The van der Waals surface area contributed by atoms with Gasteiger partial charge >= 0.3 is 5.97 Å². The van der Waals surface area contributed by atoms with Crippen LogP contribution in [0.15, 0.2) is 77.8 Å². The number of carboxylic acids is 1. The third kappa shape index (κ3) is 3.87. The van der Waals surface area contributed by atoms with Crippen molar-refractivity contribution in [1.29, 1.82) is 5.41 Å². The van der Waals surface area contributed by atoms with Gasteiger partial charge in [0.05, 0.1) is 17.0 Å². The summed E-state index contributed by atoms with van der Waals surface area (Å²) in [5.41, 5.74) is 2.83. The van der Waals surface area contributed by atoms with Crippen molar-refractivity contribution in [2.24, 2.45) is 4.99 Å². The lowest BCUT2D eigenvalue weighted by molar-refractivity contribution is 0.0697. The highest BCUT2D eigenvalue weighted by molar-refractivity contribution is 6.31. The molecule has 26 heavy (non-hydrogen) atoms. The molecule has 3 aromatic rings. The van der Waals surface area contributed by atoms with Crippen LogP contribution in [0.1, 0.15) is 27.0 Å². The first-order valence-electron chi connectivity index (χ1n) is 7.86. The average Bonchev–Trinajstić information content (AvgIpc) is 2.67. The fourth-order valence-corrected chi connectivity index (χ4v) is 2.70. The van der Waals surface area contributed by atoms with Gasteiger partial charge in [-0.3, -0.25) is 10.4 Å². The molecule has 0 aromatic heterocycles. The molecular formula is C21H15ClN2O2. The Bertz CT molecular complexity index is 998. The fraction of sp³-hybridized carbons (Fsp3) is 0. The van der Waals surface area contributed by atoms with Crippen LogP contribution in [-0.4, -0.2) is 23.0 Å². The summed E-state index contributed by atoms with van der Waals surface area (Å²) in [6, 6.07) is 21.0. The van der Waals surface area contributed by atoms with Gasteiger partial charge in [0.15, 0.2) is 0 Å². The molecule has 0 heterocycles. The van der Waals surface area contributed by atoms with Crippen LogP contribution in [0.4, 0.5) is 5.69 Å². The molecule has 2 N–H and O–H groups in total. The summed E-state index contributed by atoms with van der Waals surface area (Å²) in [6.07, 6.45) is 1.49. The standard InChI is InChI=1S/C21H15ClN2O2/c22-16-10-11-19(18(12-16)20(23)14-6-2-1-3-7-14)24-13-15-8-4-5-9-17(15)21(25)26/h1-13,23H,(H,25,26). The number of hydrogen-bond acceptors (Lipinski definition) is 3. The van der Waals surface area contributed by atoms with Gasteiger partial charge in [-0.1, -0.05) is 60.1 Å². The van der Waals surface area contributed by atoms with Crippen molar-refractivity contribution in [2.45, 2.75) is 0 Å². The molecule has 0 spiro atoms. The van der Waals surface area contributed by atoms with Crippen molar-refractivity contribution in [3.8, 4) is 0 Å². The summed E-state index contributed by atoms with van der Waals surface area (Å²) in [5.74, 6) is -1.01. The Kier molecular flexibility index (Phi) is 5.25. The zero-order valence-electron chi connectivity index (χ0n) is 13.7. The zero-order valence-corrected chi connectivity index (χ0v) is 14.4. The minimum atomic E-state index is -1.01. The third-order valence-electron chi connectivity index (χ3n) is 3.82. The number of halogens is 1. The number of carboxylic acid groups (broad SMARTS) is 1. The molecule has 0 bridgehead atoms. The largest absolute Gasteiger partial charge is 0.478 e. The number of aromatic carboxylic acids is 1. The van der Waals surface area contributed by atoms with E-state index in [1.54, 1.807) is 36.4 Å². The molecule has 0 saturated carbocycles. The van der Waals surface area contributed by atoms with Gasteiger partial charge in [-0.15, -0.1) is 0 Å². The van der Waals surface area contributed by atoms with E-state index in [4.69, 9.17) is 17.0 Å². The third-order valence-corrected chi connectivity index (χ3v) is 4.06. The number of hydrogen-bond donors (Lipinski definition) is 2. The van der Waals surface area contributed by atoms with Crippen LogP contribution < -0.4 is 0 Å². The minimum Gasteiger partial charge on any atom is -0.478 e. The van der Waals surface area contributed by atoms with Gasteiger partial charge in [0.2, 0.25) is 0 Å². The molecule has 0 amide bonds. The molecular weight excluding hydrogens is 348 g/mol. The van der Waals surface area contributed by atoms with E-state index >= 15 is 0 Å². The summed E-state index contributed by atoms with van der Waals surface area (Å²) in [4.78, 5) is 15.7. The van der Waals surface area contributed by atoms with Crippen LogP contribution in [-0.2, 0) is 0 Å². The maximum Gasteiger partial charge on any atom is 0.336 e. The monoisotopic (exact) mass is 362 g/mol. The second-order valence-corrected chi connectivity index (χ2v) is 5.99. The lowest BCUT2D eigenvalue weighted by Crippen LogP contribution is -2.03. The topological polar surface area (TPSA) is 73.5 Å². The SMILES string of the molecule is N=C(c1ccccc1)c1cc(Cl)ccc1N=Cc1ccccc1C(=O)O. The van der Waals surface area contributed by atoms with Crippen molar-refractivity contribution >= 4 is 35.2 Å². The Balaban J connectivity index is 2.02. The summed E-state index contributed by atoms with van der Waals surface area (Å²) >= 11 is 6.11. The first-order chi connectivity index (χ1) is 12.6. The Morgan fingerprint density at radius 1 is 0.962 bits per heavy atom. The number of aliphatic imine (C=N–C) groups is 1. The summed E-state index contributed by atoms with van der Waals surface area (Å²) in [7, 11) is 0. The van der Waals surface area contributed by atoms with Crippen molar-refractivity contribution in [3.05, 3.63) is 100 Å². The number of nitrogens with zero attached hydrogens (tertiary/aromatic N) is 1. The van der Waals surface area contributed by atoms with E-state index in [9.17, 15) is 9.90 Å². The molecule has 0 aliphatic carbocycles. The predicted molar refractivity (Wildman–Crippen MR) is 104 cm³/mol. The maximum atomic E-state index is 11.3. The molecule has 3 aromatic carbocycles. The molecule has 4 nitrogen and oxygen atoms in total. The van der Waals surface area contributed by atoms with E-state index in [1.165, 1.54) is 12.3 Å². The molecule has 3 rings (SSSR count). The maximum absolute atomic E-state index is 11.3. The molecule has 0 atom stereocenters. The molecule has 0 aliphatic heterocycles. The van der Waals surface area contributed by atoms with E-state index in [0.29, 0.717) is 27.5 Å². The number of carbonyl (C=O) groups is 1. The Hall–Kier alpha value is -3.24. The van der Waals surface area contributed by atoms with Gasteiger partial charge in [-0.2, -0.15) is 0 Å². The summed E-state index contributed by atoms with van der Waals surface area (Å²) in [6.45, 7) is 0. The van der Waals surface area contributed by atoms with Gasteiger partial charge in [0.1, 0.15) is 0 Å². The van der Waals surface area contributed by atoms with E-state index in [0.717, 1.165) is 5.56 Å². The lowest BCUT2D eigenvalue weighted by atomic mass is 10.0. The average molecular weight is 363 g/mol. The first-order valence-corrected chi connectivity index (χ1v) is 8.24. The smallest absolute Gasteiger partial charge is 0.336 e. The second-order valence-electron chi connectivity index (χ2n) is 5.55. The molecule has 0 aliphatic rings. The lowest BCUT2D eigenvalue weighted by Gasteiger charge is -2.09. The molecule has 0 saturated heterocycles. The highest BCUT2D eigenvalue weighted by Gasteiger charge is 2.11. The van der Waals surface area contributed by atoms with Crippen LogP contribution in [0.2, 0.25) is 5.02 Å². The van der Waals surface area contributed by atoms with E-state index < -0.39 is 5.97 Å². The Morgan fingerprint density at radius 2 is 1.65 bits per heavy atom. The van der Waals surface area contributed by atoms with Crippen molar-refractivity contribution in [1.82, 2.24) is 0 Å². The molecule has 0 unspecified atom stereocenters. The van der Waals surface area contributed by atoms with Crippen molar-refractivity contribution in [3.63, 3.8) is 0 Å². The highest BCUT2D eigenvalue weighted by atomic mass is 35.5. The second kappa shape index (κ2) is 7.76. The zero-order chi connectivity index (χ0) is 18.5. The fourth-order valence-electron chi connectivity index (χ4n) is 2.52. The Labute approximate surface area is 155 Å². The van der Waals surface area contributed by atoms with Crippen LogP contribution in [0.25, 0.3) is 0 Å². The number of nitrogens with one attached hydrogen (secondary N) is 1. The molecule has 5 heteroatoms. The molecule has 128 valence electrons. The summed E-state index contributed by atoms with van der Waals surface area (Å²) in [5, 5.41) is 18.3. The van der Waals surface area contributed by atoms with Gasteiger partial charge in [-0.25, -0.2) is 4.79 Å². The van der Waals surface area contributed by atoms with Gasteiger partial charge in [0.25, 0.3) is 0 Å². The normalized spacial score (nSPS) is 10.8. The van der Waals surface area contributed by atoms with Crippen molar-refractivity contribution in [2.75, 3.05) is 0 Å². The number of rotatable bonds is 5. The van der Waals surface area contributed by atoms with Crippen LogP contribution in [0.3, 0.4) is 0 Å². The van der Waals surface area contributed by atoms with Crippen LogP contribution in [0, 0.1) is 5.41 Å². The van der Waals surface area contributed by atoms with Gasteiger partial charge in [0, 0.05) is 27.9 Å². The molecule has 0 fully saturated rings. The van der Waals surface area contributed by atoms with E-state index in [-0.39, 0.29) is 5.56 Å². The van der Waals surface area contributed by atoms with Crippen molar-refractivity contribution < 1.29 is 9.90 Å². The highest BCUT2D eigenvalue weighted by Crippen LogP contribution is 2.26. The van der Waals surface area contributed by atoms with Gasteiger partial charge < -0.3 is 5.11 Å².